The van der Waals surface area contributed by atoms with Gasteiger partial charge in [0, 0.05) is 0 Å². The van der Waals surface area contributed by atoms with Crippen LogP contribution in [0.5, 0.6) is 5.75 Å². The molecule has 1 fully saturated rings. The molecule has 3 rings (SSSR count). The van der Waals surface area contributed by atoms with Gasteiger partial charge in [-0.25, -0.2) is 0 Å². The van der Waals surface area contributed by atoms with Crippen molar-refractivity contribution in [3.63, 3.8) is 0 Å². The van der Waals surface area contributed by atoms with Crippen LogP contribution >= 0.6 is 15.9 Å². The predicted molar refractivity (Wildman–Crippen MR) is 64.6 cm³/mol. The Morgan fingerprint density at radius 2 is 2.06 bits per heavy atom. The minimum Gasteiger partial charge on any atom is -0.474 e. The van der Waals surface area contributed by atoms with Crippen LogP contribution < -0.4 is 10.1 Å². The smallest absolute Gasteiger partial charge is 0.268 e. The van der Waals surface area contributed by atoms with Gasteiger partial charge < -0.3 is 10.1 Å². The molecule has 1 spiro atoms. The lowest BCUT2D eigenvalue weighted by molar-refractivity contribution is -0.132. The Kier molecular flexibility index (Phi) is 2.21. The molecule has 0 aromatic heterocycles. The van der Waals surface area contributed by atoms with Gasteiger partial charge in [0.1, 0.15) is 0 Å². The molecule has 1 N–H and O–H groups in total. The van der Waals surface area contributed by atoms with Crippen LogP contribution in [0.1, 0.15) is 25.7 Å². The van der Waals surface area contributed by atoms with Crippen molar-refractivity contribution < 1.29 is 9.53 Å². The van der Waals surface area contributed by atoms with E-state index in [4.69, 9.17) is 4.74 Å². The third-order valence-electron chi connectivity index (χ3n) is 3.34. The first-order chi connectivity index (χ1) is 7.71. The number of carbonyl (C=O) groups is 1. The Hall–Kier alpha value is -1.03. The minimum atomic E-state index is -0.614. The minimum absolute atomic E-state index is 0.00981. The first-order valence-electron chi connectivity index (χ1n) is 5.50. The summed E-state index contributed by atoms with van der Waals surface area (Å²) in [5.74, 6) is 0.777. The van der Waals surface area contributed by atoms with Crippen LogP contribution in [-0.4, -0.2) is 11.5 Å². The zero-order valence-corrected chi connectivity index (χ0v) is 10.3. The Labute approximate surface area is 102 Å². The molecule has 1 amide bonds. The van der Waals surface area contributed by atoms with Crippen molar-refractivity contribution in [2.75, 3.05) is 5.32 Å². The van der Waals surface area contributed by atoms with Crippen LogP contribution in [0.15, 0.2) is 22.7 Å². The van der Waals surface area contributed by atoms with Gasteiger partial charge in [0.15, 0.2) is 11.4 Å². The van der Waals surface area contributed by atoms with Crippen molar-refractivity contribution in [2.24, 2.45) is 0 Å². The number of rotatable bonds is 0. The summed E-state index contributed by atoms with van der Waals surface area (Å²) in [5, 5.41) is 2.94. The molecule has 2 aliphatic rings. The van der Waals surface area contributed by atoms with Crippen molar-refractivity contribution in [2.45, 2.75) is 31.3 Å². The molecule has 4 heteroatoms. The highest BCUT2D eigenvalue weighted by atomic mass is 79.9. The fraction of sp³-hybridized carbons (Fsp3) is 0.417. The molecule has 1 aliphatic carbocycles. The zero-order chi connectivity index (χ0) is 11.2. The largest absolute Gasteiger partial charge is 0.474 e. The molecule has 0 atom stereocenters. The van der Waals surface area contributed by atoms with E-state index in [1.54, 1.807) is 0 Å². The van der Waals surface area contributed by atoms with Crippen molar-refractivity contribution in [3.05, 3.63) is 22.7 Å². The van der Waals surface area contributed by atoms with E-state index < -0.39 is 5.60 Å². The second-order valence-corrected chi connectivity index (χ2v) is 5.23. The SMILES string of the molecule is O=C1Nc2cccc(Br)c2OC12CCCC2. The highest BCUT2D eigenvalue weighted by Gasteiger charge is 2.47. The van der Waals surface area contributed by atoms with Gasteiger partial charge >= 0.3 is 0 Å². The van der Waals surface area contributed by atoms with Gasteiger partial charge in [-0.15, -0.1) is 0 Å². The summed E-state index contributed by atoms with van der Waals surface area (Å²) < 4.78 is 6.86. The van der Waals surface area contributed by atoms with Crippen LogP contribution in [-0.2, 0) is 4.79 Å². The maximum absolute atomic E-state index is 12.0. The molecule has 16 heavy (non-hydrogen) atoms. The number of hydrogen-bond donors (Lipinski definition) is 1. The second-order valence-electron chi connectivity index (χ2n) is 4.37. The van der Waals surface area contributed by atoms with E-state index in [1.165, 1.54) is 0 Å². The van der Waals surface area contributed by atoms with Crippen LogP contribution in [0.4, 0.5) is 5.69 Å². The fourth-order valence-corrected chi connectivity index (χ4v) is 2.91. The molecule has 1 heterocycles. The van der Waals surface area contributed by atoms with E-state index in [-0.39, 0.29) is 5.91 Å². The number of nitrogens with one attached hydrogen (secondary N) is 1. The molecular formula is C12H12BrNO2. The standard InChI is InChI=1S/C12H12BrNO2/c13-8-4-3-5-9-10(8)16-12(11(15)14-9)6-1-2-7-12/h3-5H,1-2,6-7H2,(H,14,15). The normalized spacial score (nSPS) is 21.4. The van der Waals surface area contributed by atoms with Crippen LogP contribution in [0.2, 0.25) is 0 Å². The molecular weight excluding hydrogens is 270 g/mol. The zero-order valence-electron chi connectivity index (χ0n) is 8.75. The predicted octanol–water partition coefficient (Wildman–Crippen LogP) is 3.09. The summed E-state index contributed by atoms with van der Waals surface area (Å²) in [6, 6.07) is 5.68. The number of ether oxygens (including phenoxy) is 1. The molecule has 1 aliphatic heterocycles. The number of para-hydroxylation sites is 1. The summed E-state index contributed by atoms with van der Waals surface area (Å²) in [4.78, 5) is 12.0. The van der Waals surface area contributed by atoms with Gasteiger partial charge in [-0.3, -0.25) is 4.79 Å². The molecule has 1 aromatic rings. The van der Waals surface area contributed by atoms with Gasteiger partial charge in [0.2, 0.25) is 0 Å². The molecule has 0 unspecified atom stereocenters. The summed E-state index contributed by atoms with van der Waals surface area (Å²) in [7, 11) is 0. The Morgan fingerprint density at radius 1 is 1.31 bits per heavy atom. The summed E-state index contributed by atoms with van der Waals surface area (Å²) >= 11 is 3.46. The molecule has 0 bridgehead atoms. The Morgan fingerprint density at radius 3 is 2.81 bits per heavy atom. The van der Waals surface area contributed by atoms with Crippen LogP contribution in [0, 0.1) is 0 Å². The lowest BCUT2D eigenvalue weighted by atomic mass is 9.99. The summed E-state index contributed by atoms with van der Waals surface area (Å²) in [5.41, 5.74) is 0.147. The van der Waals surface area contributed by atoms with Gasteiger partial charge in [-0.1, -0.05) is 6.07 Å². The lowest BCUT2D eigenvalue weighted by Crippen LogP contribution is -2.48. The fourth-order valence-electron chi connectivity index (χ4n) is 2.46. The second kappa shape index (κ2) is 3.48. The lowest BCUT2D eigenvalue weighted by Gasteiger charge is -2.34. The molecule has 0 radical (unpaired) electrons. The van der Waals surface area contributed by atoms with E-state index in [2.05, 4.69) is 21.2 Å². The van der Waals surface area contributed by atoms with E-state index in [0.29, 0.717) is 0 Å². The molecule has 1 saturated carbocycles. The average Bonchev–Trinajstić information content (AvgIpc) is 2.72. The molecule has 3 nitrogen and oxygen atoms in total. The highest BCUT2D eigenvalue weighted by Crippen LogP contribution is 2.44. The van der Waals surface area contributed by atoms with Crippen molar-refractivity contribution >= 4 is 27.5 Å². The van der Waals surface area contributed by atoms with Crippen molar-refractivity contribution in [3.8, 4) is 5.75 Å². The third kappa shape index (κ3) is 1.36. The number of fused-ring (bicyclic) bond motifs is 1. The summed E-state index contributed by atoms with van der Waals surface area (Å²) in [6.45, 7) is 0. The van der Waals surface area contributed by atoms with Gasteiger partial charge in [0.25, 0.3) is 5.91 Å². The van der Waals surface area contributed by atoms with Gasteiger partial charge in [0.05, 0.1) is 10.2 Å². The quantitative estimate of drug-likeness (QED) is 0.794. The number of halogens is 1. The first-order valence-corrected chi connectivity index (χ1v) is 6.30. The van der Waals surface area contributed by atoms with E-state index in [9.17, 15) is 4.79 Å². The Balaban J connectivity index is 2.06. The van der Waals surface area contributed by atoms with Crippen LogP contribution in [0.25, 0.3) is 0 Å². The van der Waals surface area contributed by atoms with Gasteiger partial charge in [-0.2, -0.15) is 0 Å². The number of anilines is 1. The molecule has 0 saturated heterocycles. The van der Waals surface area contributed by atoms with Crippen molar-refractivity contribution in [1.29, 1.82) is 0 Å². The third-order valence-corrected chi connectivity index (χ3v) is 3.96. The molecule has 1 aromatic carbocycles. The maximum atomic E-state index is 12.0. The Bertz CT molecular complexity index is 452. The van der Waals surface area contributed by atoms with Crippen molar-refractivity contribution in [1.82, 2.24) is 0 Å². The highest BCUT2D eigenvalue weighted by molar-refractivity contribution is 9.10. The van der Waals surface area contributed by atoms with E-state index in [0.717, 1.165) is 41.6 Å². The first kappa shape index (κ1) is 10.1. The monoisotopic (exact) mass is 281 g/mol. The number of benzene rings is 1. The van der Waals surface area contributed by atoms with E-state index in [1.807, 2.05) is 18.2 Å². The van der Waals surface area contributed by atoms with Gasteiger partial charge in [-0.05, 0) is 53.7 Å². The maximum Gasteiger partial charge on any atom is 0.268 e. The topological polar surface area (TPSA) is 38.3 Å². The number of amides is 1. The van der Waals surface area contributed by atoms with Crippen LogP contribution in [0.3, 0.4) is 0 Å². The number of carbonyl (C=O) groups excluding carboxylic acids is 1. The molecule has 84 valence electrons. The average molecular weight is 282 g/mol. The summed E-state index contributed by atoms with van der Waals surface area (Å²) in [6.07, 6.45) is 3.76. The van der Waals surface area contributed by atoms with E-state index >= 15 is 0 Å². The number of hydrogen-bond acceptors (Lipinski definition) is 2.